The summed E-state index contributed by atoms with van der Waals surface area (Å²) in [5.74, 6) is -0.0880. The Balaban J connectivity index is 1.60. The van der Waals surface area contributed by atoms with Gasteiger partial charge in [0.05, 0.1) is 10.6 Å². The summed E-state index contributed by atoms with van der Waals surface area (Å²) in [4.78, 5) is 28.3. The van der Waals surface area contributed by atoms with Gasteiger partial charge in [-0.2, -0.15) is 0 Å². The number of ether oxygens (including phenoxy) is 1. The number of hydrogen-bond donors (Lipinski definition) is 0. The highest BCUT2D eigenvalue weighted by Crippen LogP contribution is 2.23. The van der Waals surface area contributed by atoms with Crippen LogP contribution in [-0.4, -0.2) is 60.5 Å². The summed E-state index contributed by atoms with van der Waals surface area (Å²) < 4.78 is 5.44. The first kappa shape index (κ1) is 16.6. The van der Waals surface area contributed by atoms with Gasteiger partial charge in [0.1, 0.15) is 6.10 Å². The minimum Gasteiger partial charge on any atom is -0.368 e. The number of rotatable bonds is 2. The van der Waals surface area contributed by atoms with Crippen LogP contribution in [0.5, 0.6) is 0 Å². The van der Waals surface area contributed by atoms with E-state index in [1.165, 1.54) is 0 Å². The minimum absolute atomic E-state index is 0.0409. The Labute approximate surface area is 145 Å². The van der Waals surface area contributed by atoms with Gasteiger partial charge >= 0.3 is 0 Å². The van der Waals surface area contributed by atoms with Crippen molar-refractivity contribution >= 4 is 35.0 Å². The van der Waals surface area contributed by atoms with E-state index in [0.29, 0.717) is 48.4 Å². The second-order valence-electron chi connectivity index (χ2n) is 5.74. The van der Waals surface area contributed by atoms with Crippen molar-refractivity contribution in [2.75, 3.05) is 32.8 Å². The van der Waals surface area contributed by atoms with E-state index < -0.39 is 0 Å². The number of carbonyl (C=O) groups is 2. The molecule has 0 spiro atoms. The second-order valence-corrected chi connectivity index (χ2v) is 6.59. The first-order valence-corrected chi connectivity index (χ1v) is 8.46. The molecule has 2 aliphatic rings. The summed E-state index contributed by atoms with van der Waals surface area (Å²) in [6.07, 6.45) is 1.42. The zero-order chi connectivity index (χ0) is 16.4. The Morgan fingerprint density at radius 1 is 1.09 bits per heavy atom. The molecule has 2 aliphatic heterocycles. The van der Waals surface area contributed by atoms with Gasteiger partial charge in [-0.15, -0.1) is 0 Å². The van der Waals surface area contributed by atoms with Gasteiger partial charge in [-0.3, -0.25) is 9.59 Å². The molecule has 2 saturated heterocycles. The van der Waals surface area contributed by atoms with Crippen molar-refractivity contribution in [3.05, 3.63) is 33.8 Å². The number of piperazine rings is 1. The maximum atomic E-state index is 12.5. The van der Waals surface area contributed by atoms with Crippen molar-refractivity contribution in [1.29, 1.82) is 0 Å². The molecule has 1 atom stereocenters. The van der Waals surface area contributed by atoms with E-state index in [4.69, 9.17) is 27.9 Å². The van der Waals surface area contributed by atoms with Crippen LogP contribution in [0.2, 0.25) is 10.0 Å². The fraction of sp³-hybridized carbons (Fsp3) is 0.500. The van der Waals surface area contributed by atoms with Gasteiger partial charge in [-0.1, -0.05) is 23.2 Å². The van der Waals surface area contributed by atoms with Crippen LogP contribution in [0.15, 0.2) is 18.2 Å². The zero-order valence-corrected chi connectivity index (χ0v) is 14.1. The van der Waals surface area contributed by atoms with Crippen molar-refractivity contribution < 1.29 is 14.3 Å². The van der Waals surface area contributed by atoms with Gasteiger partial charge in [0, 0.05) is 37.8 Å². The molecule has 0 N–H and O–H groups in total. The SMILES string of the molecule is O=C(c1ccc(Cl)cc1Cl)N1CCN(C(=O)[C@@H]2CCCO2)CC1. The first-order valence-electron chi connectivity index (χ1n) is 7.71. The maximum absolute atomic E-state index is 12.5. The van der Waals surface area contributed by atoms with E-state index >= 15 is 0 Å². The van der Waals surface area contributed by atoms with Crippen LogP contribution in [0.4, 0.5) is 0 Å². The number of nitrogens with zero attached hydrogens (tertiary/aromatic N) is 2. The largest absolute Gasteiger partial charge is 0.368 e. The van der Waals surface area contributed by atoms with Crippen LogP contribution >= 0.6 is 23.2 Å². The molecule has 5 nitrogen and oxygen atoms in total. The average Bonchev–Trinajstić information content (AvgIpc) is 3.08. The molecule has 124 valence electrons. The molecule has 0 radical (unpaired) electrons. The van der Waals surface area contributed by atoms with Crippen LogP contribution in [-0.2, 0) is 9.53 Å². The summed E-state index contributed by atoms with van der Waals surface area (Å²) in [6.45, 7) is 2.70. The van der Waals surface area contributed by atoms with E-state index in [1.807, 2.05) is 0 Å². The lowest BCUT2D eigenvalue weighted by atomic mass is 10.1. The monoisotopic (exact) mass is 356 g/mol. The third-order valence-corrected chi connectivity index (χ3v) is 4.79. The molecular formula is C16H18Cl2N2O3. The Hall–Kier alpha value is -1.30. The predicted octanol–water partition coefficient (Wildman–Crippen LogP) is 2.46. The Bertz CT molecular complexity index is 609. The van der Waals surface area contributed by atoms with E-state index in [2.05, 4.69) is 0 Å². The van der Waals surface area contributed by atoms with E-state index in [0.717, 1.165) is 12.8 Å². The lowest BCUT2D eigenvalue weighted by molar-refractivity contribution is -0.142. The fourth-order valence-electron chi connectivity index (χ4n) is 2.94. The Morgan fingerprint density at radius 3 is 2.39 bits per heavy atom. The smallest absolute Gasteiger partial charge is 0.255 e. The molecule has 0 bridgehead atoms. The van der Waals surface area contributed by atoms with Crippen molar-refractivity contribution in [1.82, 2.24) is 9.80 Å². The number of hydrogen-bond acceptors (Lipinski definition) is 3. The first-order chi connectivity index (χ1) is 11.1. The number of amides is 2. The van der Waals surface area contributed by atoms with Gasteiger partial charge in [0.25, 0.3) is 11.8 Å². The summed E-state index contributed by atoms with van der Waals surface area (Å²) in [5, 5.41) is 0.846. The quantitative estimate of drug-likeness (QED) is 0.817. The third kappa shape index (κ3) is 3.62. The molecule has 2 fully saturated rings. The van der Waals surface area contributed by atoms with Crippen molar-refractivity contribution in [2.24, 2.45) is 0 Å². The molecule has 0 unspecified atom stereocenters. The average molecular weight is 357 g/mol. The lowest BCUT2D eigenvalue weighted by Crippen LogP contribution is -2.52. The molecule has 0 aliphatic carbocycles. The number of benzene rings is 1. The lowest BCUT2D eigenvalue weighted by Gasteiger charge is -2.35. The van der Waals surface area contributed by atoms with Crippen LogP contribution in [0.25, 0.3) is 0 Å². The molecule has 0 aromatic heterocycles. The van der Waals surface area contributed by atoms with Gasteiger partial charge in [-0.25, -0.2) is 0 Å². The van der Waals surface area contributed by atoms with E-state index in [1.54, 1.807) is 28.0 Å². The summed E-state index contributed by atoms with van der Waals surface area (Å²) in [6, 6.07) is 4.85. The van der Waals surface area contributed by atoms with Gasteiger partial charge in [-0.05, 0) is 31.0 Å². The third-order valence-electron chi connectivity index (χ3n) is 4.25. The van der Waals surface area contributed by atoms with Crippen LogP contribution in [0.1, 0.15) is 23.2 Å². The maximum Gasteiger partial charge on any atom is 0.255 e. The standard InChI is InChI=1S/C16H18Cl2N2O3/c17-11-3-4-12(13(18)10-11)15(21)19-5-7-20(8-6-19)16(22)14-2-1-9-23-14/h3-4,10,14H,1-2,5-9H2/t14-/m0/s1. The number of halogens is 2. The van der Waals surface area contributed by atoms with E-state index in [9.17, 15) is 9.59 Å². The van der Waals surface area contributed by atoms with Crippen molar-refractivity contribution in [3.8, 4) is 0 Å². The predicted molar refractivity (Wildman–Crippen MR) is 87.9 cm³/mol. The molecule has 2 heterocycles. The molecule has 7 heteroatoms. The van der Waals surface area contributed by atoms with Gasteiger partial charge < -0.3 is 14.5 Å². The topological polar surface area (TPSA) is 49.9 Å². The Kier molecular flexibility index (Phi) is 5.09. The molecule has 3 rings (SSSR count). The summed E-state index contributed by atoms with van der Waals surface area (Å²) in [7, 11) is 0. The fourth-order valence-corrected chi connectivity index (χ4v) is 3.43. The highest BCUT2D eigenvalue weighted by atomic mass is 35.5. The van der Waals surface area contributed by atoms with Crippen LogP contribution < -0.4 is 0 Å². The Morgan fingerprint density at radius 2 is 1.78 bits per heavy atom. The van der Waals surface area contributed by atoms with Crippen molar-refractivity contribution in [2.45, 2.75) is 18.9 Å². The van der Waals surface area contributed by atoms with E-state index in [-0.39, 0.29) is 17.9 Å². The van der Waals surface area contributed by atoms with Crippen molar-refractivity contribution in [3.63, 3.8) is 0 Å². The molecule has 23 heavy (non-hydrogen) atoms. The van der Waals surface area contributed by atoms with Gasteiger partial charge in [0.2, 0.25) is 0 Å². The summed E-state index contributed by atoms with van der Waals surface area (Å²) in [5.41, 5.74) is 0.440. The summed E-state index contributed by atoms with van der Waals surface area (Å²) >= 11 is 12.0. The van der Waals surface area contributed by atoms with Crippen LogP contribution in [0.3, 0.4) is 0 Å². The zero-order valence-electron chi connectivity index (χ0n) is 12.6. The van der Waals surface area contributed by atoms with Gasteiger partial charge in [0.15, 0.2) is 0 Å². The molecular weight excluding hydrogens is 339 g/mol. The molecule has 2 amide bonds. The normalized spacial score (nSPS) is 21.6. The molecule has 0 saturated carbocycles. The minimum atomic E-state index is -0.303. The number of carbonyl (C=O) groups excluding carboxylic acids is 2. The molecule has 1 aromatic rings. The van der Waals surface area contributed by atoms with Crippen LogP contribution in [0, 0.1) is 0 Å². The second kappa shape index (κ2) is 7.07. The highest BCUT2D eigenvalue weighted by molar-refractivity contribution is 6.36. The highest BCUT2D eigenvalue weighted by Gasteiger charge is 2.31. The molecule has 1 aromatic carbocycles.